The molecule has 0 spiro atoms. The van der Waals surface area contributed by atoms with Gasteiger partial charge in [-0.05, 0) is 12.0 Å². The molecule has 2 aromatic rings. The van der Waals surface area contributed by atoms with Crippen LogP contribution in [0.25, 0.3) is 11.3 Å². The van der Waals surface area contributed by atoms with Crippen LogP contribution in [0, 0.1) is 16.0 Å². The molecule has 0 bridgehead atoms. The van der Waals surface area contributed by atoms with Crippen LogP contribution in [-0.4, -0.2) is 14.9 Å². The van der Waals surface area contributed by atoms with E-state index in [9.17, 15) is 10.1 Å². The first-order valence-electron chi connectivity index (χ1n) is 6.58. The lowest BCUT2D eigenvalue weighted by molar-refractivity contribution is -0.384. The van der Waals surface area contributed by atoms with Crippen LogP contribution in [0.5, 0.6) is 0 Å². The standard InChI is InChI=1S/C14H18N4O2/c1-3-9(2)13(15)14-16-8-11(17-14)10-6-4-5-7-12(10)18(19)20/h4-9,13H,3,15H2,1-2H3,(H,16,17). The number of H-pyrrole nitrogens is 1. The van der Waals surface area contributed by atoms with E-state index in [0.29, 0.717) is 23.0 Å². The topological polar surface area (TPSA) is 97.8 Å². The number of rotatable bonds is 5. The molecule has 6 nitrogen and oxygen atoms in total. The number of imidazole rings is 1. The van der Waals surface area contributed by atoms with Crippen molar-refractivity contribution < 1.29 is 4.92 Å². The van der Waals surface area contributed by atoms with Crippen molar-refractivity contribution in [1.82, 2.24) is 9.97 Å². The largest absolute Gasteiger partial charge is 0.340 e. The van der Waals surface area contributed by atoms with Crippen LogP contribution < -0.4 is 5.73 Å². The van der Waals surface area contributed by atoms with Crippen molar-refractivity contribution >= 4 is 5.69 Å². The fraction of sp³-hybridized carbons (Fsp3) is 0.357. The van der Waals surface area contributed by atoms with E-state index in [0.717, 1.165) is 6.42 Å². The van der Waals surface area contributed by atoms with Crippen molar-refractivity contribution in [2.24, 2.45) is 11.7 Å². The molecular weight excluding hydrogens is 256 g/mol. The second-order valence-corrected chi connectivity index (χ2v) is 4.87. The first kappa shape index (κ1) is 14.2. The maximum Gasteiger partial charge on any atom is 0.278 e. The molecule has 0 aliphatic carbocycles. The predicted molar refractivity (Wildman–Crippen MR) is 77.1 cm³/mol. The van der Waals surface area contributed by atoms with Crippen molar-refractivity contribution in [1.29, 1.82) is 0 Å². The molecule has 106 valence electrons. The number of hydrogen-bond donors (Lipinski definition) is 2. The number of nitro groups is 1. The van der Waals surface area contributed by atoms with Gasteiger partial charge in [0.15, 0.2) is 0 Å². The van der Waals surface area contributed by atoms with Gasteiger partial charge in [0, 0.05) is 6.07 Å². The monoisotopic (exact) mass is 274 g/mol. The summed E-state index contributed by atoms with van der Waals surface area (Å²) in [6, 6.07) is 6.38. The first-order chi connectivity index (χ1) is 9.54. The van der Waals surface area contributed by atoms with E-state index in [-0.39, 0.29) is 11.7 Å². The average molecular weight is 274 g/mol. The maximum absolute atomic E-state index is 11.0. The van der Waals surface area contributed by atoms with Gasteiger partial charge in [0.25, 0.3) is 5.69 Å². The van der Waals surface area contributed by atoms with Gasteiger partial charge < -0.3 is 10.7 Å². The highest BCUT2D eigenvalue weighted by molar-refractivity contribution is 5.70. The van der Waals surface area contributed by atoms with Gasteiger partial charge in [-0.15, -0.1) is 0 Å². The van der Waals surface area contributed by atoms with Crippen LogP contribution in [0.15, 0.2) is 30.5 Å². The lowest BCUT2D eigenvalue weighted by Crippen LogP contribution is -2.19. The zero-order valence-electron chi connectivity index (χ0n) is 11.5. The summed E-state index contributed by atoms with van der Waals surface area (Å²) in [4.78, 5) is 18.0. The summed E-state index contributed by atoms with van der Waals surface area (Å²) in [5.74, 6) is 0.951. The van der Waals surface area contributed by atoms with E-state index in [2.05, 4.69) is 23.8 Å². The minimum atomic E-state index is -0.398. The average Bonchev–Trinajstić information content (AvgIpc) is 2.95. The van der Waals surface area contributed by atoms with Gasteiger partial charge in [-0.25, -0.2) is 4.98 Å². The number of aromatic amines is 1. The summed E-state index contributed by atoms with van der Waals surface area (Å²) in [5.41, 5.74) is 7.30. The fourth-order valence-electron chi connectivity index (χ4n) is 2.03. The lowest BCUT2D eigenvalue weighted by atomic mass is 10.00. The van der Waals surface area contributed by atoms with Crippen molar-refractivity contribution in [2.45, 2.75) is 26.3 Å². The van der Waals surface area contributed by atoms with Crippen LogP contribution in [0.1, 0.15) is 32.1 Å². The van der Waals surface area contributed by atoms with Gasteiger partial charge in [-0.3, -0.25) is 10.1 Å². The molecule has 0 aliphatic rings. The summed E-state index contributed by atoms with van der Waals surface area (Å²) in [6.45, 7) is 4.12. The fourth-order valence-corrected chi connectivity index (χ4v) is 2.03. The van der Waals surface area contributed by atoms with Gasteiger partial charge >= 0.3 is 0 Å². The third kappa shape index (κ3) is 2.70. The van der Waals surface area contributed by atoms with E-state index < -0.39 is 4.92 Å². The van der Waals surface area contributed by atoms with Gasteiger partial charge in [-0.2, -0.15) is 0 Å². The molecule has 0 amide bonds. The Labute approximate surface area is 117 Å². The molecule has 0 aliphatic heterocycles. The Balaban J connectivity index is 2.36. The van der Waals surface area contributed by atoms with E-state index in [1.165, 1.54) is 6.07 Å². The summed E-state index contributed by atoms with van der Waals surface area (Å²) in [6.07, 6.45) is 2.54. The summed E-state index contributed by atoms with van der Waals surface area (Å²) in [5, 5.41) is 11.0. The minimum Gasteiger partial charge on any atom is -0.340 e. The highest BCUT2D eigenvalue weighted by Gasteiger charge is 2.20. The molecule has 1 aromatic heterocycles. The molecule has 0 saturated carbocycles. The minimum absolute atomic E-state index is 0.0554. The second-order valence-electron chi connectivity index (χ2n) is 4.87. The van der Waals surface area contributed by atoms with Crippen molar-refractivity contribution in [3.05, 3.63) is 46.4 Å². The number of nitrogens with zero attached hydrogens (tertiary/aromatic N) is 2. The molecule has 0 saturated heterocycles. The van der Waals surface area contributed by atoms with Gasteiger partial charge in [0.2, 0.25) is 0 Å². The highest BCUT2D eigenvalue weighted by Crippen LogP contribution is 2.29. The molecule has 20 heavy (non-hydrogen) atoms. The van der Waals surface area contributed by atoms with E-state index in [1.54, 1.807) is 24.4 Å². The van der Waals surface area contributed by atoms with E-state index >= 15 is 0 Å². The maximum atomic E-state index is 11.0. The van der Waals surface area contributed by atoms with Gasteiger partial charge in [0.05, 0.1) is 28.4 Å². The predicted octanol–water partition coefficient (Wildman–Crippen LogP) is 3.03. The van der Waals surface area contributed by atoms with Crippen LogP contribution >= 0.6 is 0 Å². The van der Waals surface area contributed by atoms with Gasteiger partial charge in [0.1, 0.15) is 5.82 Å². The quantitative estimate of drug-likeness (QED) is 0.646. The second kappa shape index (κ2) is 5.83. The zero-order chi connectivity index (χ0) is 14.7. The Bertz CT molecular complexity index is 609. The first-order valence-corrected chi connectivity index (χ1v) is 6.58. The number of hydrogen-bond acceptors (Lipinski definition) is 4. The molecule has 1 aromatic carbocycles. The molecule has 6 heteroatoms. The van der Waals surface area contributed by atoms with Gasteiger partial charge in [-0.1, -0.05) is 32.4 Å². The van der Waals surface area contributed by atoms with Crippen molar-refractivity contribution in [2.75, 3.05) is 0 Å². The molecule has 1 heterocycles. The number of nitro benzene ring substituents is 1. The SMILES string of the molecule is CCC(C)C(N)c1ncc(-c2ccccc2[N+](=O)[O-])[nH]1. The smallest absolute Gasteiger partial charge is 0.278 e. The number of para-hydroxylation sites is 1. The zero-order valence-corrected chi connectivity index (χ0v) is 11.5. The molecule has 2 atom stereocenters. The van der Waals surface area contributed by atoms with Crippen LogP contribution in [-0.2, 0) is 0 Å². The third-order valence-corrected chi connectivity index (χ3v) is 3.56. The van der Waals surface area contributed by atoms with Crippen molar-refractivity contribution in [3.63, 3.8) is 0 Å². The molecular formula is C14H18N4O2. The summed E-state index contributed by atoms with van der Waals surface area (Å²) in [7, 11) is 0. The highest BCUT2D eigenvalue weighted by atomic mass is 16.6. The summed E-state index contributed by atoms with van der Waals surface area (Å²) < 4.78 is 0. The van der Waals surface area contributed by atoms with Crippen LogP contribution in [0.4, 0.5) is 5.69 Å². The number of benzene rings is 1. The molecule has 0 fully saturated rings. The Hall–Kier alpha value is -2.21. The van der Waals surface area contributed by atoms with E-state index in [1.807, 2.05) is 0 Å². The molecule has 2 unspecified atom stereocenters. The van der Waals surface area contributed by atoms with Crippen LogP contribution in [0.3, 0.4) is 0 Å². The Morgan fingerprint density at radius 3 is 2.80 bits per heavy atom. The van der Waals surface area contributed by atoms with E-state index in [4.69, 9.17) is 5.73 Å². The number of nitrogens with two attached hydrogens (primary N) is 1. The number of nitrogens with one attached hydrogen (secondary N) is 1. The molecule has 2 rings (SSSR count). The Kier molecular flexibility index (Phi) is 4.14. The Morgan fingerprint density at radius 2 is 2.15 bits per heavy atom. The van der Waals surface area contributed by atoms with Crippen LogP contribution in [0.2, 0.25) is 0 Å². The molecule has 0 radical (unpaired) electrons. The lowest BCUT2D eigenvalue weighted by Gasteiger charge is -2.15. The normalized spacial score (nSPS) is 13.9. The Morgan fingerprint density at radius 1 is 1.45 bits per heavy atom. The molecule has 3 N–H and O–H groups in total. The van der Waals surface area contributed by atoms with Crippen molar-refractivity contribution in [3.8, 4) is 11.3 Å². The number of aromatic nitrogens is 2. The third-order valence-electron chi connectivity index (χ3n) is 3.56. The summed E-state index contributed by atoms with van der Waals surface area (Å²) >= 11 is 0.